The molecular weight excluding hydrogens is 386 g/mol. The van der Waals surface area contributed by atoms with Crippen LogP contribution in [-0.4, -0.2) is 24.4 Å². The third-order valence-electron chi connectivity index (χ3n) is 5.57. The van der Waals surface area contributed by atoms with Crippen molar-refractivity contribution in [2.75, 3.05) is 13.2 Å². The van der Waals surface area contributed by atoms with Gasteiger partial charge in [0.1, 0.15) is 6.61 Å². The second-order valence-corrected chi connectivity index (χ2v) is 7.61. The summed E-state index contributed by atoms with van der Waals surface area (Å²) in [7, 11) is 0. The molecule has 0 bridgehead atoms. The third kappa shape index (κ3) is 4.63. The Labute approximate surface area is 182 Å². The van der Waals surface area contributed by atoms with Gasteiger partial charge in [0.05, 0.1) is 6.61 Å². The van der Waals surface area contributed by atoms with Crippen molar-refractivity contribution in [3.05, 3.63) is 94.5 Å². The summed E-state index contributed by atoms with van der Waals surface area (Å²) in [4.78, 5) is 12.2. The number of fused-ring (bicyclic) bond motifs is 3. The molecule has 0 saturated carbocycles. The normalized spacial score (nSPS) is 11.8. The molecule has 1 aliphatic carbocycles. The van der Waals surface area contributed by atoms with Gasteiger partial charge in [-0.15, -0.1) is 0 Å². The zero-order chi connectivity index (χ0) is 21.6. The van der Waals surface area contributed by atoms with Crippen LogP contribution in [0.15, 0.2) is 66.7 Å². The molecule has 3 aromatic rings. The summed E-state index contributed by atoms with van der Waals surface area (Å²) in [5.74, 6) is 6.23. The average Bonchev–Trinajstić information content (AvgIpc) is 3.12. The Hall–Kier alpha value is -3.55. The quantitative estimate of drug-likeness (QED) is 0.470. The van der Waals surface area contributed by atoms with Crippen molar-refractivity contribution in [2.45, 2.75) is 25.9 Å². The minimum atomic E-state index is -0.429. The van der Waals surface area contributed by atoms with E-state index in [1.165, 1.54) is 22.3 Å². The van der Waals surface area contributed by atoms with E-state index in [9.17, 15) is 9.90 Å². The van der Waals surface area contributed by atoms with E-state index in [1.807, 2.05) is 49.4 Å². The van der Waals surface area contributed by atoms with Crippen LogP contribution < -0.4 is 5.32 Å². The van der Waals surface area contributed by atoms with E-state index < -0.39 is 6.09 Å². The van der Waals surface area contributed by atoms with Crippen molar-refractivity contribution in [3.63, 3.8) is 0 Å². The highest BCUT2D eigenvalue weighted by Crippen LogP contribution is 2.44. The maximum Gasteiger partial charge on any atom is 0.407 e. The van der Waals surface area contributed by atoms with Crippen molar-refractivity contribution < 1.29 is 14.6 Å². The second kappa shape index (κ2) is 9.51. The molecule has 1 amide bonds. The van der Waals surface area contributed by atoms with Crippen LogP contribution in [0.3, 0.4) is 0 Å². The molecule has 0 spiro atoms. The van der Waals surface area contributed by atoms with Crippen molar-refractivity contribution in [1.29, 1.82) is 0 Å². The first kappa shape index (κ1) is 20.7. The Morgan fingerprint density at radius 3 is 2.39 bits per heavy atom. The summed E-state index contributed by atoms with van der Waals surface area (Å²) < 4.78 is 5.53. The molecule has 0 atom stereocenters. The smallest absolute Gasteiger partial charge is 0.407 e. The lowest BCUT2D eigenvalue weighted by atomic mass is 9.98. The summed E-state index contributed by atoms with van der Waals surface area (Å²) in [6.45, 7) is 2.71. The van der Waals surface area contributed by atoms with E-state index >= 15 is 0 Å². The summed E-state index contributed by atoms with van der Waals surface area (Å²) in [6, 6.07) is 22.3. The number of benzene rings is 3. The molecule has 1 aliphatic rings. The van der Waals surface area contributed by atoms with Crippen LogP contribution in [0.1, 0.15) is 40.2 Å². The second-order valence-electron chi connectivity index (χ2n) is 7.61. The summed E-state index contributed by atoms with van der Waals surface area (Å²) in [5.41, 5.74) is 7.62. The fraction of sp³-hybridized carbons (Fsp3) is 0.222. The van der Waals surface area contributed by atoms with Crippen molar-refractivity contribution in [1.82, 2.24) is 5.32 Å². The topological polar surface area (TPSA) is 58.6 Å². The molecule has 4 rings (SSSR count). The molecule has 0 radical (unpaired) electrons. The number of aliphatic hydroxyl groups excluding tert-OH is 1. The minimum Gasteiger partial charge on any atom is -0.449 e. The number of nitrogens with one attached hydrogen (secondary N) is 1. The molecule has 0 fully saturated rings. The molecule has 3 aromatic carbocycles. The van der Waals surface area contributed by atoms with Crippen molar-refractivity contribution in [3.8, 4) is 23.0 Å². The van der Waals surface area contributed by atoms with E-state index in [0.29, 0.717) is 19.6 Å². The van der Waals surface area contributed by atoms with E-state index in [1.54, 1.807) is 0 Å². The highest BCUT2D eigenvalue weighted by Gasteiger charge is 2.28. The van der Waals surface area contributed by atoms with Crippen LogP contribution in [0, 0.1) is 18.8 Å². The summed E-state index contributed by atoms with van der Waals surface area (Å²) in [6.07, 6.45) is 0.0922. The van der Waals surface area contributed by atoms with E-state index in [0.717, 1.165) is 16.7 Å². The number of rotatable bonds is 5. The van der Waals surface area contributed by atoms with E-state index in [4.69, 9.17) is 4.74 Å². The van der Waals surface area contributed by atoms with Gasteiger partial charge in [0, 0.05) is 24.4 Å². The lowest BCUT2D eigenvalue weighted by Crippen LogP contribution is -2.26. The first-order chi connectivity index (χ1) is 15.2. The van der Waals surface area contributed by atoms with Crippen LogP contribution in [0.25, 0.3) is 11.1 Å². The molecule has 4 nitrogen and oxygen atoms in total. The van der Waals surface area contributed by atoms with Crippen LogP contribution in [-0.2, 0) is 11.3 Å². The largest absolute Gasteiger partial charge is 0.449 e. The fourth-order valence-electron chi connectivity index (χ4n) is 3.94. The predicted molar refractivity (Wildman–Crippen MR) is 122 cm³/mol. The number of amides is 1. The van der Waals surface area contributed by atoms with Crippen LogP contribution in [0.4, 0.5) is 4.79 Å². The molecule has 0 aliphatic heterocycles. The summed E-state index contributed by atoms with van der Waals surface area (Å²) in [5, 5.41) is 12.0. The number of aliphatic hydroxyl groups is 1. The van der Waals surface area contributed by atoms with Gasteiger partial charge in [0.15, 0.2) is 0 Å². The lowest BCUT2D eigenvalue weighted by molar-refractivity contribution is 0.143. The van der Waals surface area contributed by atoms with Gasteiger partial charge >= 0.3 is 6.09 Å². The monoisotopic (exact) mass is 411 g/mol. The average molecular weight is 412 g/mol. The molecule has 156 valence electrons. The third-order valence-corrected chi connectivity index (χ3v) is 5.57. The van der Waals surface area contributed by atoms with Gasteiger partial charge < -0.3 is 15.2 Å². The van der Waals surface area contributed by atoms with Gasteiger partial charge in [0.2, 0.25) is 0 Å². The minimum absolute atomic E-state index is 0.00169. The Morgan fingerprint density at radius 2 is 1.71 bits per heavy atom. The first-order valence-electron chi connectivity index (χ1n) is 10.5. The fourth-order valence-corrected chi connectivity index (χ4v) is 3.94. The zero-order valence-electron chi connectivity index (χ0n) is 17.5. The van der Waals surface area contributed by atoms with E-state index in [2.05, 4.69) is 41.4 Å². The summed E-state index contributed by atoms with van der Waals surface area (Å²) >= 11 is 0. The highest BCUT2D eigenvalue weighted by atomic mass is 16.5. The first-order valence-corrected chi connectivity index (χ1v) is 10.5. The molecule has 31 heavy (non-hydrogen) atoms. The van der Waals surface area contributed by atoms with Gasteiger partial charge in [-0.1, -0.05) is 72.5 Å². The molecule has 0 heterocycles. The number of ether oxygens (including phenoxy) is 1. The van der Waals surface area contributed by atoms with Crippen LogP contribution in [0.5, 0.6) is 0 Å². The predicted octanol–water partition coefficient (Wildman–Crippen LogP) is 4.77. The standard InChI is InChI=1S/C27H25NO3/c1-19-13-14-20(17-29)16-21(19)8-6-7-15-28-27(30)31-18-26-24-11-4-2-9-22(24)23-10-3-5-12-25(23)26/h2-5,9-14,16,26,29H,7,15,17-18H2,1H3,(H,28,30). The number of hydrogen-bond donors (Lipinski definition) is 2. The van der Waals surface area contributed by atoms with Crippen LogP contribution >= 0.6 is 0 Å². The van der Waals surface area contributed by atoms with Crippen molar-refractivity contribution >= 4 is 6.09 Å². The highest BCUT2D eigenvalue weighted by molar-refractivity contribution is 5.79. The Balaban J connectivity index is 1.29. The van der Waals surface area contributed by atoms with Gasteiger partial charge in [-0.05, 0) is 46.4 Å². The van der Waals surface area contributed by atoms with Gasteiger partial charge in [0.25, 0.3) is 0 Å². The lowest BCUT2D eigenvalue weighted by Gasteiger charge is -2.14. The number of carbonyl (C=O) groups excluding carboxylic acids is 1. The maximum atomic E-state index is 12.2. The maximum absolute atomic E-state index is 12.2. The Morgan fingerprint density at radius 1 is 1.03 bits per heavy atom. The Kier molecular flexibility index (Phi) is 6.35. The van der Waals surface area contributed by atoms with Crippen LogP contribution in [0.2, 0.25) is 0 Å². The molecule has 2 N–H and O–H groups in total. The molecule has 0 aromatic heterocycles. The number of hydrogen-bond acceptors (Lipinski definition) is 3. The number of alkyl carbamates (subject to hydrolysis) is 1. The molecule has 4 heteroatoms. The molecule has 0 unspecified atom stereocenters. The zero-order valence-corrected chi connectivity index (χ0v) is 17.5. The van der Waals surface area contributed by atoms with Crippen molar-refractivity contribution in [2.24, 2.45) is 0 Å². The van der Waals surface area contributed by atoms with E-state index in [-0.39, 0.29) is 12.5 Å². The SMILES string of the molecule is Cc1ccc(CO)cc1C#CCCNC(=O)OCC1c2ccccc2-c2ccccc21. The Bertz CT molecular complexity index is 1110. The molecule has 0 saturated heterocycles. The van der Waals surface area contributed by atoms with Gasteiger partial charge in [-0.3, -0.25) is 0 Å². The van der Waals surface area contributed by atoms with Gasteiger partial charge in [-0.25, -0.2) is 4.79 Å². The molecular formula is C27H25NO3. The van der Waals surface area contributed by atoms with Gasteiger partial charge in [-0.2, -0.15) is 0 Å². The number of carbonyl (C=O) groups is 1. The number of aryl methyl sites for hydroxylation is 1.